The maximum Gasteiger partial charge on any atom is 0.183 e. The summed E-state index contributed by atoms with van der Waals surface area (Å²) in [6.45, 7) is 0. The standard InChI is InChI=1S/C7H5N5/c8-2-1-5-4-11-7(10)6(3-9)12-5/h4H,1H2,(H2,10,11). The molecule has 1 aromatic rings. The van der Waals surface area contributed by atoms with Gasteiger partial charge in [0.05, 0.1) is 24.4 Å². The van der Waals surface area contributed by atoms with Gasteiger partial charge in [0.15, 0.2) is 11.5 Å². The molecule has 0 fully saturated rings. The van der Waals surface area contributed by atoms with Crippen LogP contribution in [0.5, 0.6) is 0 Å². The Morgan fingerprint density at radius 2 is 2.25 bits per heavy atom. The second-order valence-electron chi connectivity index (χ2n) is 2.04. The number of nitriles is 2. The first kappa shape index (κ1) is 7.96. The highest BCUT2D eigenvalue weighted by atomic mass is 14.9. The van der Waals surface area contributed by atoms with E-state index in [-0.39, 0.29) is 17.9 Å². The molecule has 0 amide bonds. The van der Waals surface area contributed by atoms with Gasteiger partial charge in [0.2, 0.25) is 0 Å². The van der Waals surface area contributed by atoms with Gasteiger partial charge in [0, 0.05) is 0 Å². The van der Waals surface area contributed by atoms with Crippen LogP contribution in [0.1, 0.15) is 11.4 Å². The lowest BCUT2D eigenvalue weighted by Crippen LogP contribution is -2.00. The van der Waals surface area contributed by atoms with E-state index in [0.29, 0.717) is 5.69 Å². The van der Waals surface area contributed by atoms with Crippen LogP contribution >= 0.6 is 0 Å². The largest absolute Gasteiger partial charge is 0.381 e. The van der Waals surface area contributed by atoms with Crippen LogP contribution in [0.25, 0.3) is 0 Å². The van der Waals surface area contributed by atoms with Crippen molar-refractivity contribution in [3.05, 3.63) is 17.6 Å². The van der Waals surface area contributed by atoms with Crippen LogP contribution in [0.15, 0.2) is 6.20 Å². The second-order valence-corrected chi connectivity index (χ2v) is 2.04. The Hall–Kier alpha value is -2.14. The third-order valence-corrected chi connectivity index (χ3v) is 1.22. The number of anilines is 1. The van der Waals surface area contributed by atoms with Gasteiger partial charge >= 0.3 is 0 Å². The van der Waals surface area contributed by atoms with Gasteiger partial charge in [-0.05, 0) is 0 Å². The molecule has 0 radical (unpaired) electrons. The molecule has 2 N–H and O–H groups in total. The Kier molecular flexibility index (Phi) is 2.20. The summed E-state index contributed by atoms with van der Waals surface area (Å²) in [6.07, 6.45) is 1.53. The predicted octanol–water partition coefficient (Wildman–Crippen LogP) is -0.00344. The van der Waals surface area contributed by atoms with Crippen LogP contribution in [-0.4, -0.2) is 9.97 Å². The molecule has 0 aliphatic heterocycles. The lowest BCUT2D eigenvalue weighted by Gasteiger charge is -1.96. The third-order valence-electron chi connectivity index (χ3n) is 1.22. The molecule has 0 aliphatic rings. The molecule has 5 heteroatoms. The van der Waals surface area contributed by atoms with Gasteiger partial charge in [-0.25, -0.2) is 9.97 Å². The van der Waals surface area contributed by atoms with Crippen molar-refractivity contribution in [2.24, 2.45) is 0 Å². The summed E-state index contributed by atoms with van der Waals surface area (Å²) in [6, 6.07) is 3.69. The fourth-order valence-electron chi connectivity index (χ4n) is 0.683. The number of nitrogens with two attached hydrogens (primary N) is 1. The molecular weight excluding hydrogens is 154 g/mol. The molecular formula is C7H5N5. The van der Waals surface area contributed by atoms with E-state index in [1.165, 1.54) is 6.20 Å². The molecule has 12 heavy (non-hydrogen) atoms. The average molecular weight is 159 g/mol. The molecule has 1 heterocycles. The highest BCUT2D eigenvalue weighted by molar-refractivity contribution is 5.42. The van der Waals surface area contributed by atoms with E-state index < -0.39 is 0 Å². The molecule has 1 rings (SSSR count). The van der Waals surface area contributed by atoms with Crippen LogP contribution in [0.2, 0.25) is 0 Å². The van der Waals surface area contributed by atoms with E-state index in [2.05, 4.69) is 9.97 Å². The lowest BCUT2D eigenvalue weighted by molar-refractivity contribution is 1.05. The number of rotatable bonds is 1. The van der Waals surface area contributed by atoms with Crippen molar-refractivity contribution in [3.63, 3.8) is 0 Å². The molecule has 58 valence electrons. The maximum absolute atomic E-state index is 8.50. The normalized spacial score (nSPS) is 8.50. The average Bonchev–Trinajstić information content (AvgIpc) is 2.09. The van der Waals surface area contributed by atoms with Gasteiger partial charge in [-0.2, -0.15) is 10.5 Å². The number of aromatic nitrogens is 2. The first-order valence-electron chi connectivity index (χ1n) is 3.16. The van der Waals surface area contributed by atoms with Crippen molar-refractivity contribution in [1.29, 1.82) is 10.5 Å². The zero-order valence-corrected chi connectivity index (χ0v) is 6.15. The number of hydrogen-bond donors (Lipinski definition) is 1. The quantitative estimate of drug-likeness (QED) is 0.621. The van der Waals surface area contributed by atoms with Crippen molar-refractivity contribution < 1.29 is 0 Å². The molecule has 0 bridgehead atoms. The summed E-state index contributed by atoms with van der Waals surface area (Å²) in [5.74, 6) is 0.0965. The summed E-state index contributed by atoms with van der Waals surface area (Å²) >= 11 is 0. The van der Waals surface area contributed by atoms with Crippen LogP contribution in [-0.2, 0) is 6.42 Å². The van der Waals surface area contributed by atoms with Gasteiger partial charge in [0.1, 0.15) is 6.07 Å². The van der Waals surface area contributed by atoms with Gasteiger partial charge in [-0.3, -0.25) is 0 Å². The van der Waals surface area contributed by atoms with Gasteiger partial charge in [0.25, 0.3) is 0 Å². The third kappa shape index (κ3) is 1.47. The van der Waals surface area contributed by atoms with Crippen molar-refractivity contribution in [2.45, 2.75) is 6.42 Å². The smallest absolute Gasteiger partial charge is 0.183 e. The van der Waals surface area contributed by atoms with Crippen molar-refractivity contribution in [3.8, 4) is 12.1 Å². The highest BCUT2D eigenvalue weighted by Gasteiger charge is 2.02. The minimum atomic E-state index is 0.0720. The van der Waals surface area contributed by atoms with E-state index in [0.717, 1.165) is 0 Å². The summed E-state index contributed by atoms with van der Waals surface area (Å²) in [7, 11) is 0. The minimum Gasteiger partial charge on any atom is -0.381 e. The van der Waals surface area contributed by atoms with E-state index in [9.17, 15) is 0 Å². The van der Waals surface area contributed by atoms with E-state index in [1.54, 1.807) is 6.07 Å². The zero-order valence-electron chi connectivity index (χ0n) is 6.15. The summed E-state index contributed by atoms with van der Waals surface area (Å²) in [5, 5.41) is 16.8. The zero-order chi connectivity index (χ0) is 8.97. The van der Waals surface area contributed by atoms with E-state index in [4.69, 9.17) is 16.3 Å². The first-order chi connectivity index (χ1) is 5.77. The Labute approximate surface area is 69.1 Å². The molecule has 0 saturated heterocycles. The molecule has 0 saturated carbocycles. The SMILES string of the molecule is N#CCc1cnc(N)c(C#N)n1. The van der Waals surface area contributed by atoms with Crippen molar-refractivity contribution >= 4 is 5.82 Å². The maximum atomic E-state index is 8.50. The van der Waals surface area contributed by atoms with Crippen LogP contribution in [0, 0.1) is 22.7 Å². The Morgan fingerprint density at radius 1 is 1.50 bits per heavy atom. The second kappa shape index (κ2) is 3.31. The van der Waals surface area contributed by atoms with Gasteiger partial charge in [-0.15, -0.1) is 0 Å². The molecule has 0 aromatic carbocycles. The molecule has 0 atom stereocenters. The van der Waals surface area contributed by atoms with E-state index in [1.807, 2.05) is 6.07 Å². The fraction of sp³-hybridized carbons (Fsp3) is 0.143. The fourth-order valence-corrected chi connectivity index (χ4v) is 0.683. The Balaban J connectivity index is 3.09. The van der Waals surface area contributed by atoms with E-state index >= 15 is 0 Å². The molecule has 1 aromatic heterocycles. The monoisotopic (exact) mass is 159 g/mol. The molecule has 5 nitrogen and oxygen atoms in total. The van der Waals surface area contributed by atoms with Crippen LogP contribution in [0.4, 0.5) is 5.82 Å². The number of nitrogens with zero attached hydrogens (tertiary/aromatic N) is 4. The summed E-state index contributed by atoms with van der Waals surface area (Å²) < 4.78 is 0. The molecule has 0 aliphatic carbocycles. The summed E-state index contributed by atoms with van der Waals surface area (Å²) in [4.78, 5) is 7.52. The topological polar surface area (TPSA) is 99.4 Å². The first-order valence-corrected chi connectivity index (χ1v) is 3.16. The van der Waals surface area contributed by atoms with Gasteiger partial charge in [-0.1, -0.05) is 0 Å². The Morgan fingerprint density at radius 3 is 2.83 bits per heavy atom. The van der Waals surface area contributed by atoms with Crippen molar-refractivity contribution in [2.75, 3.05) is 5.73 Å². The minimum absolute atomic E-state index is 0.0720. The van der Waals surface area contributed by atoms with Crippen LogP contribution in [0.3, 0.4) is 0 Å². The highest BCUT2D eigenvalue weighted by Crippen LogP contribution is 2.03. The number of nitrogen functional groups attached to an aromatic ring is 1. The summed E-state index contributed by atoms with van der Waals surface area (Å²) in [5.41, 5.74) is 5.85. The van der Waals surface area contributed by atoms with Gasteiger partial charge < -0.3 is 5.73 Å². The predicted molar refractivity (Wildman–Crippen MR) is 40.5 cm³/mol. The Bertz CT molecular complexity index is 370. The molecule has 0 spiro atoms. The van der Waals surface area contributed by atoms with Crippen LogP contribution < -0.4 is 5.73 Å². The molecule has 0 unspecified atom stereocenters. The van der Waals surface area contributed by atoms with Crippen molar-refractivity contribution in [1.82, 2.24) is 9.97 Å². The number of hydrogen-bond acceptors (Lipinski definition) is 5. The lowest BCUT2D eigenvalue weighted by atomic mass is 10.3.